The fourth-order valence-corrected chi connectivity index (χ4v) is 1.61. The third-order valence-corrected chi connectivity index (χ3v) is 2.88. The molecule has 1 aromatic carbocycles. The molecule has 0 atom stereocenters. The van der Waals surface area contributed by atoms with Crippen LogP contribution in [0.3, 0.4) is 0 Å². The minimum atomic E-state index is -0.485. The number of nitro benzene ring substituents is 1. The van der Waals surface area contributed by atoms with Crippen molar-refractivity contribution in [2.45, 2.75) is 26.7 Å². The van der Waals surface area contributed by atoms with Gasteiger partial charge in [0, 0.05) is 29.5 Å². The Hall–Kier alpha value is -1.68. The third-order valence-electron chi connectivity index (χ3n) is 2.47. The Morgan fingerprint density at radius 1 is 1.44 bits per heavy atom. The maximum atomic E-state index is 11.4. The largest absolute Gasteiger partial charge is 0.299 e. The predicted molar refractivity (Wildman–Crippen MR) is 73.1 cm³/mol. The molecule has 0 aromatic heterocycles. The molecule has 4 nitrogen and oxygen atoms in total. The number of nitro groups is 1. The number of carbonyl (C=O) groups excluding carboxylic acids is 1. The van der Waals surface area contributed by atoms with Crippen LogP contribution in [0.25, 0.3) is 0 Å². The molecule has 98 valence electrons. The quantitative estimate of drug-likeness (QED) is 0.473. The van der Waals surface area contributed by atoms with Gasteiger partial charge in [0.15, 0.2) is 0 Å². The summed E-state index contributed by atoms with van der Waals surface area (Å²) in [5, 5.41) is 11.3. The lowest BCUT2D eigenvalue weighted by Gasteiger charge is -2.07. The Balaban J connectivity index is 0.00000137. The van der Waals surface area contributed by atoms with E-state index in [4.69, 9.17) is 11.6 Å². The van der Waals surface area contributed by atoms with Gasteiger partial charge in [0.05, 0.1) is 4.92 Å². The zero-order chi connectivity index (χ0) is 14.3. The van der Waals surface area contributed by atoms with Gasteiger partial charge in [-0.1, -0.05) is 18.5 Å². The van der Waals surface area contributed by atoms with Crippen LogP contribution in [0.5, 0.6) is 0 Å². The molecule has 1 aromatic rings. The van der Waals surface area contributed by atoms with Crippen molar-refractivity contribution in [2.24, 2.45) is 0 Å². The molecule has 18 heavy (non-hydrogen) atoms. The molecule has 0 aliphatic heterocycles. The minimum absolute atomic E-state index is 0.0338. The van der Waals surface area contributed by atoms with E-state index in [2.05, 4.69) is 13.2 Å². The van der Waals surface area contributed by atoms with E-state index in [-0.39, 0.29) is 17.9 Å². The molecule has 0 unspecified atom stereocenters. The third kappa shape index (κ3) is 3.96. The molecule has 0 amide bonds. The summed E-state index contributed by atoms with van der Waals surface area (Å²) in [6.07, 6.45) is 0.433. The molecular weight excluding hydrogens is 254 g/mol. The molecule has 0 heterocycles. The summed E-state index contributed by atoms with van der Waals surface area (Å²) in [5.74, 6) is -0.0338. The SMILES string of the molecule is C=C.CCC(=O)Cc1c([N+](=O)[O-])ccc(Cl)c1C. The van der Waals surface area contributed by atoms with Crippen LogP contribution in [0.1, 0.15) is 24.5 Å². The first-order chi connectivity index (χ1) is 8.47. The van der Waals surface area contributed by atoms with Crippen molar-refractivity contribution in [3.05, 3.63) is 51.6 Å². The van der Waals surface area contributed by atoms with Crippen LogP contribution in [0, 0.1) is 17.0 Å². The zero-order valence-electron chi connectivity index (χ0n) is 10.5. The molecule has 0 aliphatic carbocycles. The van der Waals surface area contributed by atoms with Crippen LogP contribution in [0.15, 0.2) is 25.3 Å². The van der Waals surface area contributed by atoms with Gasteiger partial charge in [-0.2, -0.15) is 0 Å². The second-order valence-corrected chi connectivity index (χ2v) is 3.90. The van der Waals surface area contributed by atoms with E-state index in [1.807, 2.05) is 0 Å². The van der Waals surface area contributed by atoms with Crippen molar-refractivity contribution in [1.29, 1.82) is 0 Å². The smallest absolute Gasteiger partial charge is 0.273 e. The summed E-state index contributed by atoms with van der Waals surface area (Å²) in [4.78, 5) is 21.7. The van der Waals surface area contributed by atoms with Crippen molar-refractivity contribution in [2.75, 3.05) is 0 Å². The molecule has 5 heteroatoms. The number of carbonyl (C=O) groups is 1. The lowest BCUT2D eigenvalue weighted by atomic mass is 10.0. The molecule has 0 fully saturated rings. The zero-order valence-corrected chi connectivity index (χ0v) is 11.3. The van der Waals surface area contributed by atoms with Crippen molar-refractivity contribution in [3.63, 3.8) is 0 Å². The van der Waals surface area contributed by atoms with Crippen LogP contribution in [0.2, 0.25) is 5.02 Å². The molecule has 0 spiro atoms. The number of benzene rings is 1. The molecule has 0 saturated carbocycles. The van der Waals surface area contributed by atoms with Crippen LogP contribution in [-0.4, -0.2) is 10.7 Å². The topological polar surface area (TPSA) is 60.2 Å². The maximum absolute atomic E-state index is 11.4. The molecule has 0 saturated heterocycles. The molecule has 0 aliphatic rings. The molecule has 1 rings (SSSR count). The average Bonchev–Trinajstić information content (AvgIpc) is 2.37. The van der Waals surface area contributed by atoms with E-state index in [1.54, 1.807) is 13.8 Å². The minimum Gasteiger partial charge on any atom is -0.299 e. The summed E-state index contributed by atoms with van der Waals surface area (Å²) in [5.41, 5.74) is 0.991. The fraction of sp³-hybridized carbons (Fsp3) is 0.308. The Kier molecular flexibility index (Phi) is 6.90. The first-order valence-corrected chi connectivity index (χ1v) is 5.79. The highest BCUT2D eigenvalue weighted by molar-refractivity contribution is 6.31. The van der Waals surface area contributed by atoms with Gasteiger partial charge in [0.1, 0.15) is 5.78 Å². The van der Waals surface area contributed by atoms with E-state index in [0.717, 1.165) is 0 Å². The van der Waals surface area contributed by atoms with Crippen molar-refractivity contribution in [1.82, 2.24) is 0 Å². The summed E-state index contributed by atoms with van der Waals surface area (Å²) < 4.78 is 0. The monoisotopic (exact) mass is 269 g/mol. The Morgan fingerprint density at radius 2 is 2.00 bits per heavy atom. The first-order valence-electron chi connectivity index (χ1n) is 5.41. The van der Waals surface area contributed by atoms with E-state index in [9.17, 15) is 14.9 Å². The van der Waals surface area contributed by atoms with Crippen molar-refractivity contribution >= 4 is 23.1 Å². The van der Waals surface area contributed by atoms with Crippen LogP contribution < -0.4 is 0 Å². The van der Waals surface area contributed by atoms with E-state index < -0.39 is 4.92 Å². The van der Waals surface area contributed by atoms with Crippen LogP contribution in [-0.2, 0) is 11.2 Å². The highest BCUT2D eigenvalue weighted by Gasteiger charge is 2.19. The van der Waals surface area contributed by atoms with Gasteiger partial charge in [0.2, 0.25) is 0 Å². The van der Waals surface area contributed by atoms with Crippen LogP contribution >= 0.6 is 11.6 Å². The lowest BCUT2D eigenvalue weighted by Crippen LogP contribution is -2.06. The van der Waals surface area contributed by atoms with Gasteiger partial charge >= 0.3 is 0 Å². The Bertz CT molecular complexity index is 458. The van der Waals surface area contributed by atoms with Gasteiger partial charge < -0.3 is 0 Å². The van der Waals surface area contributed by atoms with Gasteiger partial charge in [-0.15, -0.1) is 13.2 Å². The Morgan fingerprint density at radius 3 is 2.44 bits per heavy atom. The highest BCUT2D eigenvalue weighted by Crippen LogP contribution is 2.28. The number of halogens is 1. The molecule has 0 bridgehead atoms. The van der Waals surface area contributed by atoms with E-state index in [0.29, 0.717) is 22.6 Å². The summed E-state index contributed by atoms with van der Waals surface area (Å²) in [6, 6.07) is 2.82. The van der Waals surface area contributed by atoms with Crippen LogP contribution in [0.4, 0.5) is 5.69 Å². The average molecular weight is 270 g/mol. The van der Waals surface area contributed by atoms with E-state index in [1.165, 1.54) is 12.1 Å². The Labute approximate surface area is 111 Å². The van der Waals surface area contributed by atoms with Crippen molar-refractivity contribution < 1.29 is 9.72 Å². The molecular formula is C13H16ClNO3. The van der Waals surface area contributed by atoms with Gasteiger partial charge in [-0.3, -0.25) is 14.9 Å². The number of ketones is 1. The summed E-state index contributed by atoms with van der Waals surface area (Å²) in [7, 11) is 0. The second-order valence-electron chi connectivity index (χ2n) is 3.50. The summed E-state index contributed by atoms with van der Waals surface area (Å²) >= 11 is 5.88. The van der Waals surface area contributed by atoms with Gasteiger partial charge in [-0.05, 0) is 18.6 Å². The van der Waals surface area contributed by atoms with Gasteiger partial charge in [-0.25, -0.2) is 0 Å². The number of nitrogens with zero attached hydrogens (tertiary/aromatic N) is 1. The number of hydrogen-bond donors (Lipinski definition) is 0. The molecule has 0 N–H and O–H groups in total. The normalized spacial score (nSPS) is 9.28. The van der Waals surface area contributed by atoms with E-state index >= 15 is 0 Å². The second kappa shape index (κ2) is 7.61. The predicted octanol–water partition coefficient (Wildman–Crippen LogP) is 3.88. The maximum Gasteiger partial charge on any atom is 0.273 e. The lowest BCUT2D eigenvalue weighted by molar-refractivity contribution is -0.385. The number of hydrogen-bond acceptors (Lipinski definition) is 3. The number of rotatable bonds is 4. The first kappa shape index (κ1) is 16.3. The van der Waals surface area contributed by atoms with Crippen molar-refractivity contribution in [3.8, 4) is 0 Å². The molecule has 0 radical (unpaired) electrons. The highest BCUT2D eigenvalue weighted by atomic mass is 35.5. The number of Topliss-reactive ketones (excluding diaryl/α,β-unsaturated/α-hetero) is 1. The summed E-state index contributed by atoms with van der Waals surface area (Å²) in [6.45, 7) is 9.42. The standard InChI is InChI=1S/C11H12ClNO3.C2H4/c1-3-8(14)6-9-7(2)10(12)4-5-11(9)13(15)16;1-2/h4-5H,3,6H2,1-2H3;1-2H2. The fourth-order valence-electron chi connectivity index (χ4n) is 1.43. The van der Waals surface area contributed by atoms with Gasteiger partial charge in [0.25, 0.3) is 5.69 Å².